The number of fused-ring (bicyclic) bond motifs is 12. The molecule has 12 aromatic heterocycles. The Morgan fingerprint density at radius 3 is 1.09 bits per heavy atom. The molecule has 456 valence electrons. The van der Waals surface area contributed by atoms with Crippen molar-refractivity contribution in [2.45, 2.75) is 55.4 Å². The summed E-state index contributed by atoms with van der Waals surface area (Å²) in [5, 5.41) is 8.73. The molecule has 0 aliphatic carbocycles. The molecule has 16 rings (SSSR count). The van der Waals surface area contributed by atoms with Crippen LogP contribution in [0.3, 0.4) is 0 Å². The van der Waals surface area contributed by atoms with Crippen molar-refractivity contribution in [3.63, 3.8) is 0 Å². The predicted molar refractivity (Wildman–Crippen MR) is 370 cm³/mol. The molecule has 0 aromatic carbocycles. The van der Waals surface area contributed by atoms with Gasteiger partial charge in [-0.3, -0.25) is 0 Å². The average molecular weight is 1220 g/mol. The Kier molecular flexibility index (Phi) is 16.0. The van der Waals surface area contributed by atoms with Gasteiger partial charge >= 0.3 is 27.4 Å². The highest BCUT2D eigenvalue weighted by atomic mass is 16.3. The third-order valence-electron chi connectivity index (χ3n) is 18.1. The first-order chi connectivity index (χ1) is 44.1. The van der Waals surface area contributed by atoms with Crippen molar-refractivity contribution in [2.75, 3.05) is 28.2 Å². The summed E-state index contributed by atoms with van der Waals surface area (Å²) in [6.07, 6.45) is 17.1. The van der Waals surface area contributed by atoms with Crippen LogP contribution in [-0.2, 0) is 28.2 Å². The Morgan fingerprint density at radius 1 is 0.337 bits per heavy atom. The van der Waals surface area contributed by atoms with Gasteiger partial charge in [0.2, 0.25) is 22.9 Å². The van der Waals surface area contributed by atoms with Crippen molar-refractivity contribution in [3.05, 3.63) is 209 Å². The maximum Gasteiger partial charge on any atom is 0.399 e. The van der Waals surface area contributed by atoms with E-state index in [1.807, 2.05) is 58.0 Å². The third-order valence-corrected chi connectivity index (χ3v) is 18.1. The molecule has 4 aliphatic heterocycles. The Balaban J connectivity index is 0.000000112. The molecule has 16 nitrogen and oxygen atoms in total. The van der Waals surface area contributed by atoms with Crippen molar-refractivity contribution in [3.8, 4) is 0 Å². The summed E-state index contributed by atoms with van der Waals surface area (Å²) < 4.78 is 32.7. The molecule has 0 unspecified atom stereocenters. The monoisotopic (exact) mass is 1220 g/mol. The fourth-order valence-electron chi connectivity index (χ4n) is 12.9. The quantitative estimate of drug-likeness (QED) is 0.182. The number of hydrogen-bond donors (Lipinski definition) is 0. The maximum absolute atomic E-state index is 6.03. The molecule has 0 atom stereocenters. The molecule has 0 spiro atoms. The van der Waals surface area contributed by atoms with Crippen LogP contribution in [-0.4, -0.2) is 94.8 Å². The standard InChI is InChI=1S/C19H21BN3O.2C18H19BN3O.C17H17BN3O/c1-12-8-18(22(4)10-13(12)2)20-9-17-16(11-23(20)5)15-7-6-14(3)21-19(15)24-17;1-12-5-8-17(21(3)10-12)19-9-16-15(11-22(19)4)14-7-6-13(2)20-18(14)23-16;1-12-7-8-21(3)17(9-12)19-10-16-15(11-22(19)4)14-6-5-13(2)20-18(14)23-16;1-12-7-8-13-14-11-21(3)18(10-15(14)22-17(13)19-12)16-6-4-5-9-20(16)2/h6-11H,1-5H3;2*5-11H,1-4H3;4-11H,1-3H3/q4*+1. The van der Waals surface area contributed by atoms with Crippen LogP contribution in [0.15, 0.2) is 140 Å². The van der Waals surface area contributed by atoms with Gasteiger partial charge < -0.3 is 36.9 Å². The molecular weight excluding hydrogens is 1140 g/mol. The van der Waals surface area contributed by atoms with E-state index in [0.29, 0.717) is 22.9 Å². The van der Waals surface area contributed by atoms with Gasteiger partial charge in [0.25, 0.3) is 0 Å². The van der Waals surface area contributed by atoms with E-state index < -0.39 is 0 Å². The molecule has 16 heterocycles. The Morgan fingerprint density at radius 2 is 0.696 bits per heavy atom. The summed E-state index contributed by atoms with van der Waals surface area (Å²) >= 11 is 0. The average Bonchev–Trinajstić information content (AvgIpc) is 1.62. The zero-order valence-electron chi connectivity index (χ0n) is 55.5. The van der Waals surface area contributed by atoms with Crippen molar-refractivity contribution >= 4 is 143 Å². The number of aryl methyl sites for hydroxylation is 12. The Bertz CT molecular complexity index is 5510. The molecule has 0 saturated carbocycles. The number of furan rings is 4. The summed E-state index contributed by atoms with van der Waals surface area (Å²) in [7, 11) is 16.7. The van der Waals surface area contributed by atoms with Gasteiger partial charge in [0.05, 0.1) is 0 Å². The zero-order chi connectivity index (χ0) is 64.5. The Hall–Kier alpha value is -10.2. The SMILES string of the molecule is Cc1cc[n+](C)c(B2C=c3oc4nc(C)ccc4c3=CN2C)c1.Cc1ccc(B2C=c3oc4nc(C)ccc4c3=CN2C)[n+](C)c1.Cc1ccc2c3c(oc2n1)=CB(c1cc(C)c(C)c[n+]1C)N(C)C=3.Cc1ccc2c3c(oc2n1)=CB(c1cccc[n+]1C)N(C)C=3. The van der Waals surface area contributed by atoms with Crippen molar-refractivity contribution in [1.82, 2.24) is 39.2 Å². The lowest BCUT2D eigenvalue weighted by Crippen LogP contribution is -2.61. The van der Waals surface area contributed by atoms with E-state index in [0.717, 1.165) is 86.9 Å². The lowest BCUT2D eigenvalue weighted by Gasteiger charge is -2.21. The third kappa shape index (κ3) is 11.6. The number of rotatable bonds is 4. The van der Waals surface area contributed by atoms with Gasteiger partial charge in [0, 0.05) is 101 Å². The van der Waals surface area contributed by atoms with Crippen LogP contribution >= 0.6 is 0 Å². The molecule has 4 aliphatic rings. The van der Waals surface area contributed by atoms with Gasteiger partial charge in [0.15, 0.2) is 47.2 Å². The second-order valence-electron chi connectivity index (χ2n) is 25.3. The predicted octanol–water partition coefficient (Wildman–Crippen LogP) is 0.684. The summed E-state index contributed by atoms with van der Waals surface area (Å²) in [6.45, 7) is 17.0. The first-order valence-electron chi connectivity index (χ1n) is 31.2. The van der Waals surface area contributed by atoms with Gasteiger partial charge in [0.1, 0.15) is 49.9 Å². The van der Waals surface area contributed by atoms with Crippen LogP contribution in [0.1, 0.15) is 45.0 Å². The summed E-state index contributed by atoms with van der Waals surface area (Å²) in [5.41, 5.74) is 20.4. The van der Waals surface area contributed by atoms with Crippen molar-refractivity contribution in [2.24, 2.45) is 28.2 Å². The van der Waals surface area contributed by atoms with Crippen LogP contribution in [0.5, 0.6) is 0 Å². The van der Waals surface area contributed by atoms with E-state index >= 15 is 0 Å². The molecule has 0 bridgehead atoms. The molecule has 92 heavy (non-hydrogen) atoms. The highest BCUT2D eigenvalue weighted by Gasteiger charge is 2.35. The Labute approximate surface area is 536 Å². The van der Waals surface area contributed by atoms with E-state index in [-0.39, 0.29) is 27.4 Å². The first kappa shape index (κ1) is 60.7. The van der Waals surface area contributed by atoms with Gasteiger partial charge in [-0.05, 0) is 210 Å². The summed E-state index contributed by atoms with van der Waals surface area (Å²) in [5.74, 6) is 8.72. The minimum Gasteiger partial charge on any atom is -0.439 e. The van der Waals surface area contributed by atoms with Gasteiger partial charge in [-0.2, -0.15) is 0 Å². The fraction of sp³-hybridized carbons (Fsp3) is 0.222. The fourth-order valence-corrected chi connectivity index (χ4v) is 12.9. The molecular formula is C72H76B4N12O4+4. The lowest BCUT2D eigenvalue weighted by atomic mass is 9.56. The van der Waals surface area contributed by atoms with Crippen LogP contribution < -0.4 is 83.2 Å². The number of nitrogens with zero attached hydrogens (tertiary/aromatic N) is 12. The molecule has 0 fully saturated rings. The van der Waals surface area contributed by atoms with E-state index in [9.17, 15) is 0 Å². The lowest BCUT2D eigenvalue weighted by molar-refractivity contribution is -0.654. The highest BCUT2D eigenvalue weighted by Crippen LogP contribution is 2.14. The largest absolute Gasteiger partial charge is 0.439 e. The minimum atomic E-state index is 0.142. The van der Waals surface area contributed by atoms with Gasteiger partial charge in [-0.15, -0.1) is 0 Å². The summed E-state index contributed by atoms with van der Waals surface area (Å²) in [4.78, 5) is 26.9. The minimum absolute atomic E-state index is 0.142. The van der Waals surface area contributed by atoms with Crippen LogP contribution in [0, 0.1) is 55.4 Å². The molecule has 0 amide bonds. The normalized spacial score (nSPS) is 13.7. The van der Waals surface area contributed by atoms with Crippen LogP contribution in [0.4, 0.5) is 0 Å². The number of aromatic nitrogens is 8. The van der Waals surface area contributed by atoms with E-state index in [1.54, 1.807) is 0 Å². The van der Waals surface area contributed by atoms with Gasteiger partial charge in [-0.1, -0.05) is 6.07 Å². The van der Waals surface area contributed by atoms with E-state index in [4.69, 9.17) is 17.7 Å². The van der Waals surface area contributed by atoms with Crippen LogP contribution in [0.25, 0.3) is 93.1 Å². The highest BCUT2D eigenvalue weighted by molar-refractivity contribution is 6.84. The summed E-state index contributed by atoms with van der Waals surface area (Å²) in [6, 6.07) is 33.6. The topological polar surface area (TPSA) is 133 Å². The zero-order valence-corrected chi connectivity index (χ0v) is 55.5. The number of hydrogen-bond acceptors (Lipinski definition) is 12. The second-order valence-corrected chi connectivity index (χ2v) is 25.3. The molecule has 0 saturated heterocycles. The van der Waals surface area contributed by atoms with Crippen LogP contribution in [0.2, 0.25) is 0 Å². The smallest absolute Gasteiger partial charge is 0.399 e. The van der Waals surface area contributed by atoms with Crippen molar-refractivity contribution in [1.29, 1.82) is 0 Å². The molecule has 12 aromatic rings. The maximum atomic E-state index is 6.03. The number of pyridine rings is 8. The molecule has 0 radical (unpaired) electrons. The van der Waals surface area contributed by atoms with E-state index in [1.165, 1.54) is 44.6 Å². The van der Waals surface area contributed by atoms with E-state index in [2.05, 4.69) is 282 Å². The first-order valence-corrected chi connectivity index (χ1v) is 31.2. The van der Waals surface area contributed by atoms with Crippen molar-refractivity contribution < 1.29 is 35.9 Å². The molecule has 20 heteroatoms. The second kappa shape index (κ2) is 24.2. The molecule has 0 N–H and O–H groups in total. The van der Waals surface area contributed by atoms with Gasteiger partial charge in [-0.25, -0.2) is 38.2 Å².